The van der Waals surface area contributed by atoms with E-state index in [1.54, 1.807) is 0 Å². The summed E-state index contributed by atoms with van der Waals surface area (Å²) in [6.07, 6.45) is 11.0. The summed E-state index contributed by atoms with van der Waals surface area (Å²) in [5.41, 5.74) is 0.157. The molecule has 0 atom stereocenters. The van der Waals surface area contributed by atoms with E-state index in [0.29, 0.717) is 5.78 Å². The Morgan fingerprint density at radius 2 is 1.62 bits per heavy atom. The molecule has 4 aliphatic rings. The maximum Gasteiger partial charge on any atom is 0.139 e. The maximum atomic E-state index is 12.4. The van der Waals surface area contributed by atoms with Crippen molar-refractivity contribution in [3.05, 3.63) is 0 Å². The number of Topliss-reactive ketones (excluding diaryl/α,β-unsaturated/α-hetero) is 1. The quantitative estimate of drug-likeness (QED) is 0.745. The van der Waals surface area contributed by atoms with E-state index in [1.165, 1.54) is 38.5 Å². The molecule has 0 amide bonds. The van der Waals surface area contributed by atoms with Crippen molar-refractivity contribution in [2.45, 2.75) is 44.9 Å². The fraction of sp³-hybridized carbons (Fsp3) is 0.929. The molecule has 0 aliphatic heterocycles. The number of thioether (sulfide) groups is 1. The molecular formula is C14H22OS. The van der Waals surface area contributed by atoms with Gasteiger partial charge in [-0.25, -0.2) is 0 Å². The van der Waals surface area contributed by atoms with Gasteiger partial charge in [-0.3, -0.25) is 4.79 Å². The Morgan fingerprint density at radius 3 is 2.06 bits per heavy atom. The van der Waals surface area contributed by atoms with Gasteiger partial charge in [-0.2, -0.15) is 11.8 Å². The van der Waals surface area contributed by atoms with Crippen LogP contribution in [0.3, 0.4) is 0 Å². The predicted octanol–water partition coefficient (Wildman–Crippen LogP) is 3.53. The van der Waals surface area contributed by atoms with E-state index in [4.69, 9.17) is 0 Å². The lowest BCUT2D eigenvalue weighted by Crippen LogP contribution is -2.50. The van der Waals surface area contributed by atoms with Gasteiger partial charge in [0.1, 0.15) is 5.78 Å². The number of carbonyl (C=O) groups excluding carboxylic acids is 1. The summed E-state index contributed by atoms with van der Waals surface area (Å²) in [6, 6.07) is 0. The van der Waals surface area contributed by atoms with Crippen LogP contribution in [0.15, 0.2) is 0 Å². The molecule has 0 aromatic heterocycles. The molecule has 4 saturated carbocycles. The van der Waals surface area contributed by atoms with Crippen LogP contribution in [0.4, 0.5) is 0 Å². The van der Waals surface area contributed by atoms with Crippen LogP contribution in [0.2, 0.25) is 0 Å². The molecule has 0 heterocycles. The first-order valence-corrected chi connectivity index (χ1v) is 8.13. The topological polar surface area (TPSA) is 17.1 Å². The molecule has 4 bridgehead atoms. The number of hydrogen-bond acceptors (Lipinski definition) is 2. The molecule has 90 valence electrons. The monoisotopic (exact) mass is 238 g/mol. The molecule has 0 spiro atoms. The molecule has 0 saturated heterocycles. The van der Waals surface area contributed by atoms with E-state index in [-0.39, 0.29) is 5.41 Å². The van der Waals surface area contributed by atoms with Gasteiger partial charge in [0.15, 0.2) is 0 Å². The average molecular weight is 238 g/mol. The first kappa shape index (κ1) is 11.1. The first-order chi connectivity index (χ1) is 7.72. The molecule has 16 heavy (non-hydrogen) atoms. The Hall–Kier alpha value is 0.0200. The third-order valence-electron chi connectivity index (χ3n) is 5.16. The van der Waals surface area contributed by atoms with Gasteiger partial charge in [0.2, 0.25) is 0 Å². The summed E-state index contributed by atoms with van der Waals surface area (Å²) < 4.78 is 0. The molecule has 0 radical (unpaired) electrons. The fourth-order valence-corrected chi connectivity index (χ4v) is 5.30. The molecule has 0 aromatic carbocycles. The van der Waals surface area contributed by atoms with Crippen LogP contribution < -0.4 is 0 Å². The highest BCUT2D eigenvalue weighted by atomic mass is 32.2. The Bertz CT molecular complexity index is 262. The number of hydrogen-bond donors (Lipinski definition) is 0. The van der Waals surface area contributed by atoms with Crippen LogP contribution in [0.25, 0.3) is 0 Å². The zero-order chi connectivity index (χ0) is 11.2. The van der Waals surface area contributed by atoms with Crippen molar-refractivity contribution in [1.82, 2.24) is 0 Å². The second kappa shape index (κ2) is 4.04. The average Bonchev–Trinajstić information content (AvgIpc) is 2.24. The summed E-state index contributed by atoms with van der Waals surface area (Å²) in [7, 11) is 0. The smallest absolute Gasteiger partial charge is 0.139 e. The van der Waals surface area contributed by atoms with Gasteiger partial charge in [0, 0.05) is 11.8 Å². The minimum atomic E-state index is 0.157. The molecule has 4 rings (SSSR count). The molecular weight excluding hydrogens is 216 g/mol. The van der Waals surface area contributed by atoms with Gasteiger partial charge < -0.3 is 0 Å². The summed E-state index contributed by atoms with van der Waals surface area (Å²) in [6.45, 7) is 0. The molecule has 2 heteroatoms. The highest BCUT2D eigenvalue weighted by Crippen LogP contribution is 2.60. The number of carbonyl (C=O) groups is 1. The highest BCUT2D eigenvalue weighted by molar-refractivity contribution is 7.98. The number of rotatable bonds is 4. The molecule has 4 aliphatic carbocycles. The summed E-state index contributed by atoms with van der Waals surface area (Å²) in [5, 5.41) is 0. The summed E-state index contributed by atoms with van der Waals surface area (Å²) in [5.74, 6) is 4.36. The van der Waals surface area contributed by atoms with E-state index in [0.717, 1.165) is 29.9 Å². The molecule has 1 nitrogen and oxygen atoms in total. The number of ketones is 1. The van der Waals surface area contributed by atoms with Crippen molar-refractivity contribution in [3.8, 4) is 0 Å². The standard InChI is InChI=1S/C14H22OS/c1-16-3-2-13(15)14-7-10-4-11(8-14)6-12(5-10)9-14/h10-12H,2-9H2,1H3. The van der Waals surface area contributed by atoms with Crippen molar-refractivity contribution >= 4 is 17.5 Å². The van der Waals surface area contributed by atoms with Crippen LogP contribution in [0.1, 0.15) is 44.9 Å². The zero-order valence-electron chi connectivity index (χ0n) is 10.2. The van der Waals surface area contributed by atoms with Gasteiger partial charge in [-0.1, -0.05) is 0 Å². The Labute approximate surface area is 103 Å². The van der Waals surface area contributed by atoms with Crippen LogP contribution in [0, 0.1) is 23.2 Å². The zero-order valence-corrected chi connectivity index (χ0v) is 11.0. The third kappa shape index (κ3) is 1.73. The Morgan fingerprint density at radius 1 is 1.12 bits per heavy atom. The van der Waals surface area contributed by atoms with Crippen molar-refractivity contribution < 1.29 is 4.79 Å². The molecule has 4 fully saturated rings. The van der Waals surface area contributed by atoms with E-state index < -0.39 is 0 Å². The fourth-order valence-electron chi connectivity index (χ4n) is 4.91. The van der Waals surface area contributed by atoms with Crippen LogP contribution in [0.5, 0.6) is 0 Å². The maximum absolute atomic E-state index is 12.4. The minimum absolute atomic E-state index is 0.157. The van der Waals surface area contributed by atoms with Gasteiger partial charge in [-0.15, -0.1) is 0 Å². The van der Waals surface area contributed by atoms with E-state index >= 15 is 0 Å². The Kier molecular flexibility index (Phi) is 2.81. The lowest BCUT2D eigenvalue weighted by molar-refractivity contribution is -0.143. The third-order valence-corrected chi connectivity index (χ3v) is 5.78. The van der Waals surface area contributed by atoms with Crippen LogP contribution in [-0.2, 0) is 4.79 Å². The van der Waals surface area contributed by atoms with Crippen molar-refractivity contribution in [2.24, 2.45) is 23.2 Å². The minimum Gasteiger partial charge on any atom is -0.299 e. The molecule has 0 unspecified atom stereocenters. The van der Waals surface area contributed by atoms with E-state index in [1.807, 2.05) is 11.8 Å². The molecule has 0 N–H and O–H groups in total. The Balaban J connectivity index is 1.75. The van der Waals surface area contributed by atoms with E-state index in [9.17, 15) is 4.79 Å². The van der Waals surface area contributed by atoms with Crippen molar-refractivity contribution in [2.75, 3.05) is 12.0 Å². The normalized spacial score (nSPS) is 44.9. The summed E-state index contributed by atoms with van der Waals surface area (Å²) >= 11 is 1.81. The van der Waals surface area contributed by atoms with E-state index in [2.05, 4.69) is 6.26 Å². The lowest BCUT2D eigenvalue weighted by atomic mass is 9.48. The van der Waals surface area contributed by atoms with Crippen molar-refractivity contribution in [1.29, 1.82) is 0 Å². The van der Waals surface area contributed by atoms with Crippen LogP contribution >= 0.6 is 11.8 Å². The lowest BCUT2D eigenvalue weighted by Gasteiger charge is -2.56. The van der Waals surface area contributed by atoms with Crippen molar-refractivity contribution in [3.63, 3.8) is 0 Å². The van der Waals surface area contributed by atoms with Gasteiger partial charge in [0.25, 0.3) is 0 Å². The molecule has 0 aromatic rings. The second-order valence-electron chi connectivity index (χ2n) is 6.36. The van der Waals surface area contributed by atoms with Gasteiger partial charge in [-0.05, 0) is 68.3 Å². The second-order valence-corrected chi connectivity index (χ2v) is 7.35. The largest absolute Gasteiger partial charge is 0.299 e. The highest BCUT2D eigenvalue weighted by Gasteiger charge is 2.53. The van der Waals surface area contributed by atoms with Gasteiger partial charge >= 0.3 is 0 Å². The predicted molar refractivity (Wildman–Crippen MR) is 68.6 cm³/mol. The first-order valence-electron chi connectivity index (χ1n) is 6.74. The SMILES string of the molecule is CSCCC(=O)C12CC3CC(CC(C3)C1)C2. The van der Waals surface area contributed by atoms with Gasteiger partial charge in [0.05, 0.1) is 0 Å². The summed E-state index contributed by atoms with van der Waals surface area (Å²) in [4.78, 5) is 12.4. The van der Waals surface area contributed by atoms with Crippen LogP contribution in [-0.4, -0.2) is 17.8 Å².